The highest BCUT2D eigenvalue weighted by atomic mass is 32.2. The minimum atomic E-state index is -0.489. The number of benzene rings is 1. The fourth-order valence-corrected chi connectivity index (χ4v) is 3.10. The minimum Gasteiger partial charge on any atom is -0.497 e. The molecule has 1 atom stereocenters. The van der Waals surface area contributed by atoms with Gasteiger partial charge >= 0.3 is 0 Å². The lowest BCUT2D eigenvalue weighted by Gasteiger charge is -2.15. The van der Waals surface area contributed by atoms with Crippen LogP contribution in [0.4, 0.5) is 5.69 Å². The van der Waals surface area contributed by atoms with E-state index in [1.54, 1.807) is 49.8 Å². The van der Waals surface area contributed by atoms with Gasteiger partial charge in [-0.25, -0.2) is 14.9 Å². The lowest BCUT2D eigenvalue weighted by Crippen LogP contribution is -2.31. The molecule has 112 valence electrons. The molecule has 0 radical (unpaired) electrons. The number of thioether (sulfide) groups is 1. The minimum absolute atomic E-state index is 0.147. The van der Waals surface area contributed by atoms with E-state index in [-0.39, 0.29) is 18.2 Å². The summed E-state index contributed by atoms with van der Waals surface area (Å²) in [6.45, 7) is 0. The van der Waals surface area contributed by atoms with Crippen LogP contribution in [0.25, 0.3) is 0 Å². The van der Waals surface area contributed by atoms with Crippen molar-refractivity contribution in [2.24, 2.45) is 0 Å². The molecule has 0 aliphatic carbocycles. The van der Waals surface area contributed by atoms with Crippen molar-refractivity contribution < 1.29 is 14.3 Å². The molecule has 1 aliphatic rings. The summed E-state index contributed by atoms with van der Waals surface area (Å²) < 4.78 is 5.08. The summed E-state index contributed by atoms with van der Waals surface area (Å²) in [6.07, 6.45) is 3.36. The van der Waals surface area contributed by atoms with Crippen LogP contribution < -0.4 is 9.64 Å². The first-order chi connectivity index (χ1) is 10.7. The first kappa shape index (κ1) is 14.5. The summed E-state index contributed by atoms with van der Waals surface area (Å²) in [4.78, 5) is 34.0. The number of imide groups is 1. The summed E-state index contributed by atoms with van der Waals surface area (Å²) in [5.41, 5.74) is 0.549. The molecule has 1 fully saturated rings. The van der Waals surface area contributed by atoms with Crippen LogP contribution in [0.2, 0.25) is 0 Å². The fraction of sp³-hybridized carbons (Fsp3) is 0.200. The zero-order chi connectivity index (χ0) is 15.5. The molecular weight excluding hydrogens is 302 g/mol. The molecular formula is C15H13N3O3S. The smallest absolute Gasteiger partial charge is 0.247 e. The van der Waals surface area contributed by atoms with Crippen molar-refractivity contribution >= 4 is 29.3 Å². The van der Waals surface area contributed by atoms with Crippen molar-refractivity contribution in [2.75, 3.05) is 12.0 Å². The first-order valence-corrected chi connectivity index (χ1v) is 7.51. The first-order valence-electron chi connectivity index (χ1n) is 6.63. The third-order valence-corrected chi connectivity index (χ3v) is 4.30. The monoisotopic (exact) mass is 315 g/mol. The van der Waals surface area contributed by atoms with Gasteiger partial charge in [0.2, 0.25) is 11.8 Å². The van der Waals surface area contributed by atoms with Gasteiger partial charge in [0.15, 0.2) is 5.16 Å². The number of carbonyl (C=O) groups is 2. The summed E-state index contributed by atoms with van der Waals surface area (Å²) in [6, 6.07) is 8.53. The topological polar surface area (TPSA) is 72.4 Å². The maximum atomic E-state index is 12.5. The molecule has 0 unspecified atom stereocenters. The Kier molecular flexibility index (Phi) is 4.06. The number of hydrogen-bond donors (Lipinski definition) is 0. The Morgan fingerprint density at radius 2 is 1.86 bits per heavy atom. The van der Waals surface area contributed by atoms with Crippen LogP contribution in [0.15, 0.2) is 47.9 Å². The van der Waals surface area contributed by atoms with Crippen molar-refractivity contribution in [3.8, 4) is 5.75 Å². The van der Waals surface area contributed by atoms with Crippen molar-refractivity contribution in [1.82, 2.24) is 9.97 Å². The van der Waals surface area contributed by atoms with E-state index < -0.39 is 5.25 Å². The van der Waals surface area contributed by atoms with Gasteiger partial charge in [0, 0.05) is 18.8 Å². The van der Waals surface area contributed by atoms with Crippen molar-refractivity contribution in [2.45, 2.75) is 16.8 Å². The Labute approximate surface area is 131 Å². The molecule has 0 saturated carbocycles. The standard InChI is InChI=1S/C15H13N3O3S/c1-21-11-5-3-10(4-6-11)18-13(19)9-12(14(18)20)22-15-16-7-2-8-17-15/h2-8,12H,9H2,1H3/t12-/m1/s1. The number of amides is 2. The average molecular weight is 315 g/mol. The van der Waals surface area contributed by atoms with E-state index in [9.17, 15) is 9.59 Å². The lowest BCUT2D eigenvalue weighted by atomic mass is 10.3. The fourth-order valence-electron chi connectivity index (χ4n) is 2.17. The number of anilines is 1. The summed E-state index contributed by atoms with van der Waals surface area (Å²) in [5.74, 6) is 0.211. The highest BCUT2D eigenvalue weighted by molar-refractivity contribution is 8.00. The predicted molar refractivity (Wildman–Crippen MR) is 81.8 cm³/mol. The summed E-state index contributed by atoms with van der Waals surface area (Å²) >= 11 is 1.21. The molecule has 22 heavy (non-hydrogen) atoms. The summed E-state index contributed by atoms with van der Waals surface area (Å²) in [5, 5.41) is 0.00207. The second-order valence-corrected chi connectivity index (χ2v) is 5.78. The zero-order valence-electron chi connectivity index (χ0n) is 11.8. The van der Waals surface area contributed by atoms with Gasteiger partial charge in [0.05, 0.1) is 12.8 Å². The second kappa shape index (κ2) is 6.15. The molecule has 6 nitrogen and oxygen atoms in total. The third-order valence-electron chi connectivity index (χ3n) is 3.23. The predicted octanol–water partition coefficient (Wildman–Crippen LogP) is 1.91. The zero-order valence-corrected chi connectivity index (χ0v) is 12.6. The van der Waals surface area contributed by atoms with Crippen LogP contribution in [0.5, 0.6) is 5.75 Å². The molecule has 1 aliphatic heterocycles. The Bertz CT molecular complexity index is 691. The van der Waals surface area contributed by atoms with E-state index in [1.807, 2.05) is 0 Å². The van der Waals surface area contributed by atoms with Gasteiger partial charge in [-0.2, -0.15) is 0 Å². The SMILES string of the molecule is COc1ccc(N2C(=O)C[C@@H](Sc3ncccn3)C2=O)cc1. The molecule has 0 spiro atoms. The number of carbonyl (C=O) groups excluding carboxylic acids is 2. The Balaban J connectivity index is 1.79. The van der Waals surface area contributed by atoms with E-state index in [4.69, 9.17) is 4.74 Å². The number of methoxy groups -OCH3 is 1. The van der Waals surface area contributed by atoms with Crippen LogP contribution in [-0.4, -0.2) is 34.1 Å². The van der Waals surface area contributed by atoms with Crippen LogP contribution in [-0.2, 0) is 9.59 Å². The Hall–Kier alpha value is -2.41. The second-order valence-electron chi connectivity index (χ2n) is 4.61. The van der Waals surface area contributed by atoms with E-state index >= 15 is 0 Å². The molecule has 3 rings (SSSR count). The van der Waals surface area contributed by atoms with Gasteiger partial charge in [-0.05, 0) is 30.3 Å². The lowest BCUT2D eigenvalue weighted by molar-refractivity contribution is -0.121. The van der Waals surface area contributed by atoms with Gasteiger partial charge in [-0.1, -0.05) is 11.8 Å². The van der Waals surface area contributed by atoms with Gasteiger partial charge in [0.1, 0.15) is 11.0 Å². The highest BCUT2D eigenvalue weighted by Crippen LogP contribution is 2.32. The van der Waals surface area contributed by atoms with Gasteiger partial charge in [-0.15, -0.1) is 0 Å². The van der Waals surface area contributed by atoms with Crippen LogP contribution >= 0.6 is 11.8 Å². The van der Waals surface area contributed by atoms with Crippen molar-refractivity contribution in [3.05, 3.63) is 42.7 Å². The average Bonchev–Trinajstić information content (AvgIpc) is 2.82. The third kappa shape index (κ3) is 2.80. The van der Waals surface area contributed by atoms with Crippen molar-refractivity contribution in [1.29, 1.82) is 0 Å². The Morgan fingerprint density at radius 3 is 2.50 bits per heavy atom. The number of rotatable bonds is 4. The number of nitrogens with zero attached hydrogens (tertiary/aromatic N) is 3. The normalized spacial score (nSPS) is 17.9. The molecule has 1 saturated heterocycles. The molecule has 7 heteroatoms. The van der Waals surface area contributed by atoms with E-state index in [0.29, 0.717) is 16.6 Å². The molecule has 0 N–H and O–H groups in total. The van der Waals surface area contributed by atoms with Crippen molar-refractivity contribution in [3.63, 3.8) is 0 Å². The van der Waals surface area contributed by atoms with Gasteiger partial charge in [-0.3, -0.25) is 9.59 Å². The number of hydrogen-bond acceptors (Lipinski definition) is 6. The number of aromatic nitrogens is 2. The number of ether oxygens (including phenoxy) is 1. The molecule has 2 heterocycles. The molecule has 2 aromatic rings. The van der Waals surface area contributed by atoms with E-state index in [0.717, 1.165) is 0 Å². The van der Waals surface area contributed by atoms with E-state index in [1.165, 1.54) is 16.7 Å². The van der Waals surface area contributed by atoms with E-state index in [2.05, 4.69) is 9.97 Å². The van der Waals surface area contributed by atoms with Gasteiger partial charge in [0.25, 0.3) is 0 Å². The Morgan fingerprint density at radius 1 is 1.18 bits per heavy atom. The molecule has 2 amide bonds. The van der Waals surface area contributed by atoms with Crippen LogP contribution in [0, 0.1) is 0 Å². The summed E-state index contributed by atoms with van der Waals surface area (Å²) in [7, 11) is 1.56. The molecule has 1 aromatic heterocycles. The maximum Gasteiger partial charge on any atom is 0.247 e. The maximum absolute atomic E-state index is 12.5. The van der Waals surface area contributed by atoms with Crippen LogP contribution in [0.1, 0.15) is 6.42 Å². The highest BCUT2D eigenvalue weighted by Gasteiger charge is 2.40. The molecule has 0 bridgehead atoms. The quantitative estimate of drug-likeness (QED) is 0.634. The molecule has 1 aromatic carbocycles. The van der Waals surface area contributed by atoms with Crippen LogP contribution in [0.3, 0.4) is 0 Å². The largest absolute Gasteiger partial charge is 0.497 e. The van der Waals surface area contributed by atoms with Gasteiger partial charge < -0.3 is 4.74 Å².